The number of hydrogen-bond acceptors (Lipinski definition) is 5. The van der Waals surface area contributed by atoms with Crippen LogP contribution in [0.15, 0.2) is 12.1 Å². The number of nitrogens with two attached hydrogens (primary N) is 1. The molecule has 0 unspecified atom stereocenters. The summed E-state index contributed by atoms with van der Waals surface area (Å²) in [5.41, 5.74) is 6.25. The highest BCUT2D eigenvalue weighted by Gasteiger charge is 2.03. The molecule has 1 rings (SSSR count). The molecule has 0 aliphatic carbocycles. The summed E-state index contributed by atoms with van der Waals surface area (Å²) < 4.78 is 5.07. The van der Waals surface area contributed by atoms with Crippen molar-refractivity contribution in [1.82, 2.24) is 9.88 Å². The molecule has 0 atom stereocenters. The Morgan fingerprint density at radius 2 is 2.06 bits per heavy atom. The zero-order chi connectivity index (χ0) is 12.7. The summed E-state index contributed by atoms with van der Waals surface area (Å²) in [6, 6.07) is 3.66. The molecule has 17 heavy (non-hydrogen) atoms. The topological polar surface area (TPSA) is 63.4 Å². The Hall–Kier alpha value is -1.49. The van der Waals surface area contributed by atoms with Gasteiger partial charge in [-0.15, -0.1) is 0 Å². The fourth-order valence-corrected chi connectivity index (χ4v) is 1.60. The molecule has 0 fully saturated rings. The van der Waals surface area contributed by atoms with Crippen molar-refractivity contribution in [1.29, 1.82) is 0 Å². The number of nitrogen functional groups attached to an aromatic ring is 1. The number of aromatic nitrogens is 1. The van der Waals surface area contributed by atoms with E-state index >= 15 is 0 Å². The molecule has 0 saturated carbocycles. The standard InChI is InChI=1S/C12H22N4O/c1-4-16(5-2)9-8-14-11-7-6-10(13)12(15-11)17-3/h6-7H,4-5,8-9,13H2,1-3H3,(H,14,15). The zero-order valence-corrected chi connectivity index (χ0v) is 10.9. The Labute approximate surface area is 103 Å². The van der Waals surface area contributed by atoms with Gasteiger partial charge in [-0.25, -0.2) is 0 Å². The second kappa shape index (κ2) is 6.96. The largest absolute Gasteiger partial charge is 0.479 e. The van der Waals surface area contributed by atoms with E-state index in [-0.39, 0.29) is 0 Å². The molecule has 0 aliphatic rings. The molecule has 0 bridgehead atoms. The predicted octanol–water partition coefficient (Wildman–Crippen LogP) is 1.43. The van der Waals surface area contributed by atoms with Gasteiger partial charge in [-0.1, -0.05) is 13.8 Å². The highest BCUT2D eigenvalue weighted by molar-refractivity contribution is 5.53. The highest BCUT2D eigenvalue weighted by atomic mass is 16.5. The molecule has 0 aromatic carbocycles. The van der Waals surface area contributed by atoms with Crippen molar-refractivity contribution >= 4 is 11.5 Å². The van der Waals surface area contributed by atoms with Crippen LogP contribution in [0, 0.1) is 0 Å². The number of anilines is 2. The van der Waals surface area contributed by atoms with E-state index in [0.29, 0.717) is 11.6 Å². The molecule has 1 aromatic rings. The van der Waals surface area contributed by atoms with Gasteiger partial charge in [0.1, 0.15) is 5.82 Å². The number of pyridine rings is 1. The molecule has 96 valence electrons. The minimum absolute atomic E-state index is 0.470. The van der Waals surface area contributed by atoms with Gasteiger partial charge in [-0.3, -0.25) is 0 Å². The maximum absolute atomic E-state index is 5.70. The average molecular weight is 238 g/mol. The molecule has 0 spiro atoms. The predicted molar refractivity (Wildman–Crippen MR) is 71.5 cm³/mol. The van der Waals surface area contributed by atoms with Gasteiger partial charge in [0.2, 0.25) is 5.88 Å². The number of nitrogens with zero attached hydrogens (tertiary/aromatic N) is 2. The summed E-state index contributed by atoms with van der Waals surface area (Å²) in [7, 11) is 1.57. The SMILES string of the molecule is CCN(CC)CCNc1ccc(N)c(OC)n1. The lowest BCUT2D eigenvalue weighted by Gasteiger charge is -2.18. The molecular weight excluding hydrogens is 216 g/mol. The maximum atomic E-state index is 5.70. The van der Waals surface area contributed by atoms with E-state index in [4.69, 9.17) is 10.5 Å². The summed E-state index contributed by atoms with van der Waals surface area (Å²) in [6.45, 7) is 8.32. The number of rotatable bonds is 7. The lowest BCUT2D eigenvalue weighted by molar-refractivity contribution is 0.316. The van der Waals surface area contributed by atoms with Gasteiger partial charge in [0.15, 0.2) is 0 Å². The number of hydrogen-bond donors (Lipinski definition) is 2. The third kappa shape index (κ3) is 4.11. The molecule has 1 aromatic heterocycles. The van der Waals surface area contributed by atoms with Crippen LogP contribution in [0.2, 0.25) is 0 Å². The van der Waals surface area contributed by atoms with Gasteiger partial charge in [0.25, 0.3) is 0 Å². The van der Waals surface area contributed by atoms with Crippen molar-refractivity contribution in [3.63, 3.8) is 0 Å². The van der Waals surface area contributed by atoms with E-state index in [2.05, 4.69) is 29.0 Å². The van der Waals surface area contributed by atoms with Gasteiger partial charge in [-0.2, -0.15) is 4.98 Å². The van der Waals surface area contributed by atoms with E-state index in [1.165, 1.54) is 0 Å². The van der Waals surface area contributed by atoms with Gasteiger partial charge >= 0.3 is 0 Å². The third-order valence-electron chi connectivity index (χ3n) is 2.71. The van der Waals surface area contributed by atoms with Crippen molar-refractivity contribution in [2.24, 2.45) is 0 Å². The average Bonchev–Trinajstić information content (AvgIpc) is 2.36. The van der Waals surface area contributed by atoms with Crippen LogP contribution >= 0.6 is 0 Å². The van der Waals surface area contributed by atoms with Gasteiger partial charge in [0, 0.05) is 13.1 Å². The molecule has 0 aliphatic heterocycles. The number of methoxy groups -OCH3 is 1. The van der Waals surface area contributed by atoms with Gasteiger partial charge < -0.3 is 20.7 Å². The fraction of sp³-hybridized carbons (Fsp3) is 0.583. The Bertz CT molecular complexity index is 339. The van der Waals surface area contributed by atoms with E-state index in [9.17, 15) is 0 Å². The van der Waals surface area contributed by atoms with Crippen LogP contribution in [0.4, 0.5) is 11.5 Å². The molecule has 0 saturated heterocycles. The summed E-state index contributed by atoms with van der Waals surface area (Å²) in [5.74, 6) is 1.26. The first-order valence-electron chi connectivity index (χ1n) is 5.98. The first kappa shape index (κ1) is 13.6. The summed E-state index contributed by atoms with van der Waals surface area (Å²) in [6.07, 6.45) is 0. The van der Waals surface area contributed by atoms with Crippen molar-refractivity contribution in [3.05, 3.63) is 12.1 Å². The quantitative estimate of drug-likeness (QED) is 0.752. The van der Waals surface area contributed by atoms with Crippen molar-refractivity contribution in [2.45, 2.75) is 13.8 Å². The lowest BCUT2D eigenvalue weighted by Crippen LogP contribution is -2.28. The zero-order valence-electron chi connectivity index (χ0n) is 10.9. The fourth-order valence-electron chi connectivity index (χ4n) is 1.60. The van der Waals surface area contributed by atoms with Gasteiger partial charge in [0.05, 0.1) is 12.8 Å². The number of nitrogens with one attached hydrogen (secondary N) is 1. The second-order valence-electron chi connectivity index (χ2n) is 3.75. The minimum Gasteiger partial charge on any atom is -0.479 e. The number of ether oxygens (including phenoxy) is 1. The molecule has 1 heterocycles. The Morgan fingerprint density at radius 1 is 1.35 bits per heavy atom. The van der Waals surface area contributed by atoms with Crippen LogP contribution in [-0.2, 0) is 0 Å². The lowest BCUT2D eigenvalue weighted by atomic mass is 10.4. The summed E-state index contributed by atoms with van der Waals surface area (Å²) in [5, 5.41) is 3.26. The first-order chi connectivity index (χ1) is 8.21. The maximum Gasteiger partial charge on any atom is 0.238 e. The van der Waals surface area contributed by atoms with E-state index in [0.717, 1.165) is 32.0 Å². The Morgan fingerprint density at radius 3 is 2.65 bits per heavy atom. The molecular formula is C12H22N4O. The van der Waals surface area contributed by atoms with Crippen molar-refractivity contribution in [3.8, 4) is 5.88 Å². The second-order valence-corrected chi connectivity index (χ2v) is 3.75. The van der Waals surface area contributed by atoms with E-state index in [1.54, 1.807) is 13.2 Å². The molecule has 5 heteroatoms. The normalized spacial score (nSPS) is 10.6. The van der Waals surface area contributed by atoms with Crippen LogP contribution in [0.3, 0.4) is 0 Å². The third-order valence-corrected chi connectivity index (χ3v) is 2.71. The monoisotopic (exact) mass is 238 g/mol. The Kier molecular flexibility index (Phi) is 5.56. The van der Waals surface area contributed by atoms with E-state index in [1.807, 2.05) is 6.07 Å². The van der Waals surface area contributed by atoms with Crippen LogP contribution in [-0.4, -0.2) is 43.2 Å². The van der Waals surface area contributed by atoms with Crippen molar-refractivity contribution in [2.75, 3.05) is 44.3 Å². The van der Waals surface area contributed by atoms with Crippen LogP contribution < -0.4 is 15.8 Å². The van der Waals surface area contributed by atoms with Crippen molar-refractivity contribution < 1.29 is 4.74 Å². The van der Waals surface area contributed by atoms with Crippen LogP contribution in [0.5, 0.6) is 5.88 Å². The highest BCUT2D eigenvalue weighted by Crippen LogP contribution is 2.19. The Balaban J connectivity index is 2.46. The first-order valence-corrected chi connectivity index (χ1v) is 5.98. The van der Waals surface area contributed by atoms with E-state index < -0.39 is 0 Å². The van der Waals surface area contributed by atoms with Crippen LogP contribution in [0.25, 0.3) is 0 Å². The van der Waals surface area contributed by atoms with Gasteiger partial charge in [-0.05, 0) is 25.2 Å². The minimum atomic E-state index is 0.470. The van der Waals surface area contributed by atoms with Crippen LogP contribution in [0.1, 0.15) is 13.8 Å². The smallest absolute Gasteiger partial charge is 0.238 e. The molecule has 3 N–H and O–H groups in total. The summed E-state index contributed by atoms with van der Waals surface area (Å²) >= 11 is 0. The number of likely N-dealkylation sites (N-methyl/N-ethyl adjacent to an activating group) is 1. The molecule has 0 amide bonds. The summed E-state index contributed by atoms with van der Waals surface area (Å²) in [4.78, 5) is 6.61. The molecule has 0 radical (unpaired) electrons. The molecule has 5 nitrogen and oxygen atoms in total.